The van der Waals surface area contributed by atoms with Crippen LogP contribution in [0, 0.1) is 0 Å². The fraction of sp³-hybridized carbons (Fsp3) is 0.464. The van der Waals surface area contributed by atoms with Crippen molar-refractivity contribution in [1.82, 2.24) is 14.0 Å². The van der Waals surface area contributed by atoms with E-state index in [1.807, 2.05) is 51.1 Å². The average Bonchev–Trinajstić information content (AvgIpc) is 3.05. The van der Waals surface area contributed by atoms with Crippen LogP contribution in [0.2, 0.25) is 0 Å². The number of nitrogens with zero attached hydrogens (tertiary/aromatic N) is 3. The first-order chi connectivity index (χ1) is 17.1. The average molecular weight is 496 g/mol. The molecule has 0 aliphatic rings. The normalized spacial score (nSPS) is 11.5. The van der Waals surface area contributed by atoms with Crippen LogP contribution in [-0.2, 0) is 30.0 Å². The van der Waals surface area contributed by atoms with Gasteiger partial charge >= 0.3 is 11.8 Å². The predicted molar refractivity (Wildman–Crippen MR) is 142 cm³/mol. The van der Waals surface area contributed by atoms with Gasteiger partial charge < -0.3 is 19.2 Å². The first-order valence-corrected chi connectivity index (χ1v) is 12.3. The first kappa shape index (κ1) is 27.0. The highest BCUT2D eigenvalue weighted by Crippen LogP contribution is 2.29. The molecule has 2 aromatic carbocycles. The molecule has 1 aromatic heterocycles. The summed E-state index contributed by atoms with van der Waals surface area (Å²) in [7, 11) is 5.18. The predicted octanol–water partition coefficient (Wildman–Crippen LogP) is 4.70. The molecule has 0 bridgehead atoms. The minimum absolute atomic E-state index is 0.0621. The minimum atomic E-state index is -0.591. The summed E-state index contributed by atoms with van der Waals surface area (Å²) in [6.07, 6.45) is 3.06. The summed E-state index contributed by atoms with van der Waals surface area (Å²) in [5.74, 6) is 0.747. The number of amides is 1. The fourth-order valence-corrected chi connectivity index (χ4v) is 4.25. The number of benzene rings is 2. The van der Waals surface area contributed by atoms with E-state index in [0.717, 1.165) is 52.6 Å². The van der Waals surface area contributed by atoms with Gasteiger partial charge in [0.2, 0.25) is 0 Å². The molecule has 0 aliphatic heterocycles. The molecule has 8 heteroatoms. The van der Waals surface area contributed by atoms with E-state index in [9.17, 15) is 14.4 Å². The second-order valence-electron chi connectivity index (χ2n) is 10.0. The van der Waals surface area contributed by atoms with Crippen LogP contribution in [0.3, 0.4) is 0 Å². The summed E-state index contributed by atoms with van der Waals surface area (Å²) >= 11 is 0. The van der Waals surface area contributed by atoms with Gasteiger partial charge in [-0.25, -0.2) is 9.59 Å². The van der Waals surface area contributed by atoms with Gasteiger partial charge in [0.15, 0.2) is 0 Å². The zero-order valence-corrected chi connectivity index (χ0v) is 22.2. The molecule has 0 fully saturated rings. The van der Waals surface area contributed by atoms with Gasteiger partial charge in [0.05, 0.1) is 18.1 Å². The summed E-state index contributed by atoms with van der Waals surface area (Å²) < 4.78 is 14.5. The number of carbonyl (C=O) groups excluding carboxylic acids is 2. The van der Waals surface area contributed by atoms with Crippen LogP contribution in [-0.4, -0.2) is 52.2 Å². The maximum Gasteiger partial charge on any atom is 0.410 e. The molecule has 0 atom stereocenters. The summed E-state index contributed by atoms with van der Waals surface area (Å²) in [6.45, 7) is 6.52. The van der Waals surface area contributed by atoms with E-state index in [4.69, 9.17) is 9.47 Å². The lowest BCUT2D eigenvalue weighted by atomic mass is 10.00. The van der Waals surface area contributed by atoms with Crippen molar-refractivity contribution in [3.63, 3.8) is 0 Å². The smallest absolute Gasteiger partial charge is 0.410 e. The highest BCUT2D eigenvalue weighted by molar-refractivity contribution is 5.83. The topological polar surface area (TPSA) is 82.8 Å². The zero-order valence-electron chi connectivity index (χ0n) is 22.2. The number of aromatic nitrogens is 2. The van der Waals surface area contributed by atoms with E-state index in [0.29, 0.717) is 25.9 Å². The van der Waals surface area contributed by atoms with Crippen molar-refractivity contribution in [1.29, 1.82) is 0 Å². The Bertz CT molecular complexity index is 1280. The van der Waals surface area contributed by atoms with Crippen molar-refractivity contribution < 1.29 is 19.1 Å². The van der Waals surface area contributed by atoms with Crippen LogP contribution in [0.15, 0.2) is 41.2 Å². The van der Waals surface area contributed by atoms with E-state index in [1.165, 1.54) is 0 Å². The van der Waals surface area contributed by atoms with Gasteiger partial charge in [-0.15, -0.1) is 0 Å². The standard InChI is InChI=1S/C28H37N3O5/c1-28(2,3)36-27(34)31(15-8-7-9-17-32)16-14-22-18-20(11-13-25(22)35-6)21-10-12-23-24(19-21)30(5)26(33)29(23)4/h10-13,17-19H,7-9,14-16H2,1-6H3. The number of aldehydes is 1. The lowest BCUT2D eigenvalue weighted by Gasteiger charge is -2.27. The Labute approximate surface area is 212 Å². The molecule has 3 aromatic rings. The van der Waals surface area contributed by atoms with E-state index < -0.39 is 5.60 Å². The second kappa shape index (κ2) is 11.5. The highest BCUT2D eigenvalue weighted by Gasteiger charge is 2.22. The van der Waals surface area contributed by atoms with E-state index >= 15 is 0 Å². The van der Waals surface area contributed by atoms with Crippen LogP contribution in [0.5, 0.6) is 5.75 Å². The molecule has 0 saturated carbocycles. The molecular weight excluding hydrogens is 458 g/mol. The Balaban J connectivity index is 1.86. The molecule has 0 saturated heterocycles. The monoisotopic (exact) mass is 495 g/mol. The molecule has 36 heavy (non-hydrogen) atoms. The van der Waals surface area contributed by atoms with Crippen LogP contribution < -0.4 is 10.4 Å². The van der Waals surface area contributed by atoms with E-state index in [-0.39, 0.29) is 11.8 Å². The molecule has 1 heterocycles. The third kappa shape index (κ3) is 6.36. The van der Waals surface area contributed by atoms with Crippen molar-refractivity contribution >= 4 is 23.4 Å². The van der Waals surface area contributed by atoms with Crippen LogP contribution in [0.25, 0.3) is 22.2 Å². The maximum absolute atomic E-state index is 12.8. The van der Waals surface area contributed by atoms with Gasteiger partial charge in [-0.2, -0.15) is 0 Å². The van der Waals surface area contributed by atoms with Crippen LogP contribution in [0.1, 0.15) is 45.6 Å². The zero-order chi connectivity index (χ0) is 26.5. The second-order valence-corrected chi connectivity index (χ2v) is 10.0. The van der Waals surface area contributed by atoms with Crippen molar-refractivity contribution in [3.05, 3.63) is 52.4 Å². The number of rotatable bonds is 10. The van der Waals surface area contributed by atoms with Gasteiger partial charge in [0.25, 0.3) is 0 Å². The van der Waals surface area contributed by atoms with Crippen molar-refractivity contribution in [2.75, 3.05) is 20.2 Å². The van der Waals surface area contributed by atoms with Gasteiger partial charge in [0, 0.05) is 33.6 Å². The third-order valence-electron chi connectivity index (χ3n) is 6.19. The summed E-state index contributed by atoms with van der Waals surface area (Å²) in [6, 6.07) is 12.0. The van der Waals surface area contributed by atoms with Crippen LogP contribution in [0.4, 0.5) is 4.79 Å². The Morgan fingerprint density at radius 2 is 1.64 bits per heavy atom. The summed E-state index contributed by atoms with van der Waals surface area (Å²) in [4.78, 5) is 37.5. The highest BCUT2D eigenvalue weighted by atomic mass is 16.6. The van der Waals surface area contributed by atoms with Gasteiger partial charge in [-0.05, 0) is 81.0 Å². The molecule has 8 nitrogen and oxygen atoms in total. The number of imidazole rings is 1. The van der Waals surface area contributed by atoms with Crippen molar-refractivity contribution in [2.24, 2.45) is 14.1 Å². The van der Waals surface area contributed by atoms with Gasteiger partial charge in [0.1, 0.15) is 17.6 Å². The molecule has 3 rings (SSSR count). The van der Waals surface area contributed by atoms with E-state index in [1.54, 1.807) is 35.2 Å². The number of methoxy groups -OCH3 is 1. The molecule has 0 aliphatic carbocycles. The number of unbranched alkanes of at least 4 members (excludes halogenated alkanes) is 2. The molecular formula is C28H37N3O5. The van der Waals surface area contributed by atoms with Crippen LogP contribution >= 0.6 is 0 Å². The minimum Gasteiger partial charge on any atom is -0.496 e. The Morgan fingerprint density at radius 1 is 0.972 bits per heavy atom. The third-order valence-corrected chi connectivity index (χ3v) is 6.19. The first-order valence-electron chi connectivity index (χ1n) is 12.3. The lowest BCUT2D eigenvalue weighted by molar-refractivity contribution is -0.107. The number of hydrogen-bond donors (Lipinski definition) is 0. The summed E-state index contributed by atoms with van der Waals surface area (Å²) in [5.41, 5.74) is 4.05. The SMILES string of the molecule is COc1ccc(-c2ccc3c(c2)n(C)c(=O)n3C)cc1CCN(CCCCC=O)C(=O)OC(C)(C)C. The fourth-order valence-electron chi connectivity index (χ4n) is 4.25. The molecule has 0 spiro atoms. The number of hydrogen-bond acceptors (Lipinski definition) is 5. The van der Waals surface area contributed by atoms with Crippen molar-refractivity contribution in [2.45, 2.75) is 52.1 Å². The summed E-state index contributed by atoms with van der Waals surface area (Å²) in [5, 5.41) is 0. The molecule has 194 valence electrons. The largest absolute Gasteiger partial charge is 0.496 e. The lowest BCUT2D eigenvalue weighted by Crippen LogP contribution is -2.38. The van der Waals surface area contributed by atoms with Gasteiger partial charge in [-0.1, -0.05) is 12.1 Å². The Morgan fingerprint density at radius 3 is 2.31 bits per heavy atom. The number of ether oxygens (including phenoxy) is 2. The quantitative estimate of drug-likeness (QED) is 0.301. The van der Waals surface area contributed by atoms with Crippen molar-refractivity contribution in [3.8, 4) is 16.9 Å². The molecule has 0 N–H and O–H groups in total. The molecule has 0 unspecified atom stereocenters. The molecule has 1 amide bonds. The number of carbonyl (C=O) groups is 2. The Kier molecular flexibility index (Phi) is 8.61. The maximum atomic E-state index is 12.8. The van der Waals surface area contributed by atoms with E-state index in [2.05, 4.69) is 6.07 Å². The number of aryl methyl sites for hydroxylation is 2. The number of fused-ring (bicyclic) bond motifs is 1. The van der Waals surface area contributed by atoms with Gasteiger partial charge in [-0.3, -0.25) is 9.13 Å². The molecule has 0 radical (unpaired) electrons. The Hall–Kier alpha value is -3.55.